The van der Waals surface area contributed by atoms with Crippen molar-refractivity contribution in [2.45, 2.75) is 25.7 Å². The highest BCUT2D eigenvalue weighted by Gasteiger charge is 2.29. The molecule has 0 atom stereocenters. The monoisotopic (exact) mass is 445 g/mol. The van der Waals surface area contributed by atoms with Crippen molar-refractivity contribution in [2.24, 2.45) is 0 Å². The van der Waals surface area contributed by atoms with E-state index in [0.717, 1.165) is 40.9 Å². The van der Waals surface area contributed by atoms with Crippen LogP contribution in [0.2, 0.25) is 0 Å². The average molecular weight is 445 g/mol. The van der Waals surface area contributed by atoms with Crippen LogP contribution in [0.3, 0.4) is 0 Å². The maximum absolute atomic E-state index is 14.1. The molecule has 168 valence electrons. The minimum absolute atomic E-state index is 0.149. The molecule has 1 fully saturated rings. The van der Waals surface area contributed by atoms with Gasteiger partial charge in [-0.2, -0.15) is 0 Å². The number of carboxylic acids is 1. The van der Waals surface area contributed by atoms with E-state index in [1.54, 1.807) is 49.4 Å². The van der Waals surface area contributed by atoms with Crippen molar-refractivity contribution in [3.8, 4) is 22.6 Å². The van der Waals surface area contributed by atoms with Gasteiger partial charge in [0.05, 0.1) is 11.1 Å². The lowest BCUT2D eigenvalue weighted by molar-refractivity contribution is 0.0697. The molecule has 1 aliphatic rings. The number of aromatic carboxylic acids is 1. The van der Waals surface area contributed by atoms with Crippen LogP contribution >= 0.6 is 0 Å². The van der Waals surface area contributed by atoms with Crippen molar-refractivity contribution >= 4 is 16.9 Å². The van der Waals surface area contributed by atoms with Crippen molar-refractivity contribution < 1.29 is 24.1 Å². The number of benzene rings is 3. The second kappa shape index (κ2) is 8.37. The van der Waals surface area contributed by atoms with Crippen LogP contribution in [-0.4, -0.2) is 34.0 Å². The molecular weight excluding hydrogens is 421 g/mol. The van der Waals surface area contributed by atoms with Crippen LogP contribution in [0.15, 0.2) is 60.7 Å². The fraction of sp³-hybridized carbons (Fsp3) is 0.222. The first-order chi connectivity index (χ1) is 16.0. The van der Waals surface area contributed by atoms with Crippen LogP contribution in [0, 0.1) is 12.7 Å². The van der Waals surface area contributed by atoms with E-state index in [4.69, 9.17) is 4.74 Å². The van der Waals surface area contributed by atoms with E-state index in [-0.39, 0.29) is 23.0 Å². The van der Waals surface area contributed by atoms with Gasteiger partial charge in [-0.3, -0.25) is 0 Å². The van der Waals surface area contributed by atoms with Gasteiger partial charge in [0, 0.05) is 41.5 Å². The first-order valence-electron chi connectivity index (χ1n) is 11.0. The number of fused-ring (bicyclic) bond motifs is 1. The highest BCUT2D eigenvalue weighted by molar-refractivity contribution is 6.03. The summed E-state index contributed by atoms with van der Waals surface area (Å²) in [6.07, 6.45) is 1.63. The predicted octanol–water partition coefficient (Wildman–Crippen LogP) is 6.04. The summed E-state index contributed by atoms with van der Waals surface area (Å²) in [6.45, 7) is 3.01. The number of carbonyl (C=O) groups is 1. The third-order valence-corrected chi connectivity index (χ3v) is 6.44. The van der Waals surface area contributed by atoms with Crippen LogP contribution in [0.1, 0.15) is 40.4 Å². The minimum Gasteiger partial charge on any atom is -0.507 e. The molecular formula is C27H24FNO4. The molecule has 1 aliphatic heterocycles. The summed E-state index contributed by atoms with van der Waals surface area (Å²) in [7, 11) is 0. The first-order valence-corrected chi connectivity index (χ1v) is 11.0. The Balaban J connectivity index is 1.86. The number of aromatic hydroxyl groups is 1. The smallest absolute Gasteiger partial charge is 0.335 e. The maximum Gasteiger partial charge on any atom is 0.335 e. The van der Waals surface area contributed by atoms with Crippen molar-refractivity contribution in [1.82, 2.24) is 4.57 Å². The van der Waals surface area contributed by atoms with Gasteiger partial charge in [-0.1, -0.05) is 18.2 Å². The quantitative estimate of drug-likeness (QED) is 0.402. The molecule has 0 saturated carbocycles. The van der Waals surface area contributed by atoms with E-state index in [9.17, 15) is 19.4 Å². The Hall–Kier alpha value is -3.64. The molecule has 2 N–H and O–H groups in total. The summed E-state index contributed by atoms with van der Waals surface area (Å²) in [5, 5.41) is 21.0. The predicted molar refractivity (Wildman–Crippen MR) is 125 cm³/mol. The van der Waals surface area contributed by atoms with Gasteiger partial charge in [-0.05, 0) is 73.4 Å². The van der Waals surface area contributed by atoms with Gasteiger partial charge in [0.1, 0.15) is 11.6 Å². The van der Waals surface area contributed by atoms with Crippen LogP contribution in [-0.2, 0) is 4.74 Å². The number of phenolic OH excluding ortho intramolecular Hbond substituents is 1. The highest BCUT2D eigenvalue weighted by atomic mass is 19.1. The second-order valence-corrected chi connectivity index (χ2v) is 8.47. The van der Waals surface area contributed by atoms with Gasteiger partial charge >= 0.3 is 5.97 Å². The van der Waals surface area contributed by atoms with E-state index in [2.05, 4.69) is 4.57 Å². The zero-order chi connectivity index (χ0) is 23.1. The second-order valence-electron chi connectivity index (χ2n) is 8.47. The zero-order valence-corrected chi connectivity index (χ0v) is 18.2. The molecule has 0 unspecified atom stereocenters. The van der Waals surface area contributed by atoms with Gasteiger partial charge in [0.2, 0.25) is 0 Å². The summed E-state index contributed by atoms with van der Waals surface area (Å²) in [4.78, 5) is 11.4. The Morgan fingerprint density at radius 2 is 1.79 bits per heavy atom. The number of aryl methyl sites for hydroxylation is 1. The number of carboxylic acid groups (broad SMARTS) is 1. The number of phenols is 1. The Labute approximate surface area is 190 Å². The van der Waals surface area contributed by atoms with Crippen LogP contribution < -0.4 is 0 Å². The SMILES string of the molecule is Cc1cc(-n2c(C3CCOCC3)c(-c3ccc(C(=O)O)cc3)c3c(O)cccc32)ccc1F. The summed E-state index contributed by atoms with van der Waals surface area (Å²) in [6, 6.07) is 17.2. The standard InChI is InChI=1S/C27H24FNO4/c1-16-15-20(9-10-21(16)28)29-22-3-2-4-23(30)25(22)24(26(29)18-11-13-33-14-12-18)17-5-7-19(8-6-17)27(31)32/h2-10,15,18,30H,11-14H2,1H3,(H,31,32). The van der Waals surface area contributed by atoms with Crippen LogP contribution in [0.25, 0.3) is 27.7 Å². The molecule has 0 amide bonds. The van der Waals surface area contributed by atoms with E-state index < -0.39 is 5.97 Å². The summed E-state index contributed by atoms with van der Waals surface area (Å²) in [5.74, 6) is -0.950. The molecule has 3 aromatic carbocycles. The van der Waals surface area contributed by atoms with Gasteiger partial charge in [0.25, 0.3) is 0 Å². The Kier molecular flexibility index (Phi) is 5.38. The molecule has 5 nitrogen and oxygen atoms in total. The summed E-state index contributed by atoms with van der Waals surface area (Å²) >= 11 is 0. The number of ether oxygens (including phenoxy) is 1. The van der Waals surface area contributed by atoms with Gasteiger partial charge in [0.15, 0.2) is 0 Å². The zero-order valence-electron chi connectivity index (χ0n) is 18.2. The fourth-order valence-corrected chi connectivity index (χ4v) is 4.82. The number of rotatable bonds is 4. The van der Waals surface area contributed by atoms with Crippen LogP contribution in [0.5, 0.6) is 5.75 Å². The molecule has 0 spiro atoms. The summed E-state index contributed by atoms with van der Waals surface area (Å²) in [5.41, 5.74) is 5.09. The maximum atomic E-state index is 14.1. The van der Waals surface area contributed by atoms with Crippen molar-refractivity contribution in [1.29, 1.82) is 0 Å². The molecule has 4 aromatic rings. The van der Waals surface area contributed by atoms with E-state index in [1.165, 1.54) is 6.07 Å². The summed E-state index contributed by atoms with van der Waals surface area (Å²) < 4.78 is 21.8. The van der Waals surface area contributed by atoms with Crippen LogP contribution in [0.4, 0.5) is 4.39 Å². The number of hydrogen-bond donors (Lipinski definition) is 2. The topological polar surface area (TPSA) is 71.7 Å². The molecule has 1 aromatic heterocycles. The lowest BCUT2D eigenvalue weighted by Gasteiger charge is -2.26. The molecule has 6 heteroatoms. The van der Waals surface area contributed by atoms with Gasteiger partial charge in [-0.25, -0.2) is 9.18 Å². The lowest BCUT2D eigenvalue weighted by Crippen LogP contribution is -2.17. The molecule has 5 rings (SSSR count). The van der Waals surface area contributed by atoms with Crippen molar-refractivity contribution in [3.63, 3.8) is 0 Å². The molecule has 1 saturated heterocycles. The largest absolute Gasteiger partial charge is 0.507 e. The average Bonchev–Trinajstić information content (AvgIpc) is 3.18. The third kappa shape index (κ3) is 3.66. The Morgan fingerprint density at radius 3 is 2.45 bits per heavy atom. The Bertz CT molecular complexity index is 1350. The number of hydrogen-bond acceptors (Lipinski definition) is 3. The molecule has 0 bridgehead atoms. The normalized spacial score (nSPS) is 14.6. The Morgan fingerprint density at radius 1 is 1.06 bits per heavy atom. The van der Waals surface area contributed by atoms with Crippen molar-refractivity contribution in [2.75, 3.05) is 13.2 Å². The minimum atomic E-state index is -0.988. The number of halogens is 1. The van der Waals surface area contributed by atoms with Gasteiger partial charge in [-0.15, -0.1) is 0 Å². The van der Waals surface area contributed by atoms with Crippen molar-refractivity contribution in [3.05, 3.63) is 83.3 Å². The molecule has 0 aliphatic carbocycles. The molecule has 33 heavy (non-hydrogen) atoms. The number of nitrogens with zero attached hydrogens (tertiary/aromatic N) is 1. The third-order valence-electron chi connectivity index (χ3n) is 6.44. The van der Waals surface area contributed by atoms with Gasteiger partial charge < -0.3 is 19.5 Å². The first kappa shape index (κ1) is 21.2. The molecule has 2 heterocycles. The van der Waals surface area contributed by atoms with E-state index in [0.29, 0.717) is 24.2 Å². The number of aromatic nitrogens is 1. The highest BCUT2D eigenvalue weighted by Crippen LogP contribution is 2.46. The lowest BCUT2D eigenvalue weighted by atomic mass is 9.89. The van der Waals surface area contributed by atoms with E-state index >= 15 is 0 Å². The van der Waals surface area contributed by atoms with E-state index in [1.807, 2.05) is 12.1 Å². The fourth-order valence-electron chi connectivity index (χ4n) is 4.82. The molecule has 0 radical (unpaired) electrons.